The number of sulfonamides is 1. The fourth-order valence-corrected chi connectivity index (χ4v) is 5.35. The van der Waals surface area contributed by atoms with Gasteiger partial charge in [-0.05, 0) is 56.5 Å². The summed E-state index contributed by atoms with van der Waals surface area (Å²) in [6.07, 6.45) is 1.04. The largest absolute Gasteiger partial charge is 0.497 e. The molecule has 8 heteroatoms. The molecular weight excluding hydrogens is 428 g/mol. The van der Waals surface area contributed by atoms with Crippen LogP contribution in [-0.4, -0.2) is 51.5 Å². The van der Waals surface area contributed by atoms with Gasteiger partial charge in [-0.25, -0.2) is 12.7 Å². The molecule has 1 heterocycles. The summed E-state index contributed by atoms with van der Waals surface area (Å²) in [5, 5.41) is 2.99. The smallest absolute Gasteiger partial charge is 0.223 e. The molecule has 0 spiro atoms. The Hall–Kier alpha value is -2.58. The number of piperidine rings is 1. The Labute approximate surface area is 190 Å². The molecule has 174 valence electrons. The van der Waals surface area contributed by atoms with Crippen LogP contribution >= 0.6 is 0 Å². The van der Waals surface area contributed by atoms with E-state index in [9.17, 15) is 13.2 Å². The van der Waals surface area contributed by atoms with Crippen LogP contribution in [0.5, 0.6) is 11.5 Å². The highest BCUT2D eigenvalue weighted by atomic mass is 32.2. The van der Waals surface area contributed by atoms with Gasteiger partial charge in [0.25, 0.3) is 0 Å². The zero-order valence-electron chi connectivity index (χ0n) is 18.9. The van der Waals surface area contributed by atoms with E-state index in [1.165, 1.54) is 4.31 Å². The second-order valence-corrected chi connectivity index (χ2v) is 10.3. The maximum absolute atomic E-state index is 12.8. The normalized spacial score (nSPS) is 16.3. The van der Waals surface area contributed by atoms with E-state index in [2.05, 4.69) is 5.32 Å². The van der Waals surface area contributed by atoms with Gasteiger partial charge >= 0.3 is 0 Å². The van der Waals surface area contributed by atoms with Crippen LogP contribution in [0.25, 0.3) is 0 Å². The van der Waals surface area contributed by atoms with Crippen molar-refractivity contribution >= 4 is 15.9 Å². The lowest BCUT2D eigenvalue weighted by Gasteiger charge is -2.31. The zero-order chi connectivity index (χ0) is 23.1. The fourth-order valence-electron chi connectivity index (χ4n) is 3.80. The molecule has 1 aliphatic rings. The molecule has 1 N–H and O–H groups in total. The first-order valence-corrected chi connectivity index (χ1v) is 12.5. The molecule has 3 rings (SSSR count). The van der Waals surface area contributed by atoms with E-state index in [1.807, 2.05) is 62.4 Å². The number of methoxy groups -OCH3 is 1. The Kier molecular flexibility index (Phi) is 8.15. The molecule has 2 aromatic rings. The summed E-state index contributed by atoms with van der Waals surface area (Å²) >= 11 is 0. The number of nitrogens with zero attached hydrogens (tertiary/aromatic N) is 1. The number of carbonyl (C=O) groups excluding carboxylic acids is 1. The van der Waals surface area contributed by atoms with E-state index in [4.69, 9.17) is 9.47 Å². The van der Waals surface area contributed by atoms with Gasteiger partial charge in [0, 0.05) is 19.0 Å². The summed E-state index contributed by atoms with van der Waals surface area (Å²) in [6, 6.07) is 14.7. The molecule has 2 aromatic carbocycles. The summed E-state index contributed by atoms with van der Waals surface area (Å²) in [7, 11) is -1.79. The van der Waals surface area contributed by atoms with E-state index in [0.29, 0.717) is 38.3 Å². The zero-order valence-corrected chi connectivity index (χ0v) is 19.7. The summed E-state index contributed by atoms with van der Waals surface area (Å²) in [4.78, 5) is 12.6. The number of nitrogens with one attached hydrogen (secondary N) is 1. The van der Waals surface area contributed by atoms with E-state index in [-0.39, 0.29) is 23.6 Å². The molecule has 0 bridgehead atoms. The van der Waals surface area contributed by atoms with Gasteiger partial charge in [-0.15, -0.1) is 0 Å². The van der Waals surface area contributed by atoms with Crippen molar-refractivity contribution in [1.82, 2.24) is 9.62 Å². The Balaban J connectivity index is 1.44. The molecule has 0 aromatic heterocycles. The van der Waals surface area contributed by atoms with Gasteiger partial charge in [0.15, 0.2) is 0 Å². The van der Waals surface area contributed by atoms with Crippen molar-refractivity contribution in [3.05, 3.63) is 59.7 Å². The topological polar surface area (TPSA) is 84.9 Å². The number of hydrogen-bond donors (Lipinski definition) is 1. The maximum Gasteiger partial charge on any atom is 0.223 e. The van der Waals surface area contributed by atoms with Crippen molar-refractivity contribution in [2.75, 3.05) is 26.8 Å². The van der Waals surface area contributed by atoms with Crippen LogP contribution in [0, 0.1) is 12.8 Å². The van der Waals surface area contributed by atoms with E-state index >= 15 is 0 Å². The minimum Gasteiger partial charge on any atom is -0.497 e. The van der Waals surface area contributed by atoms with Gasteiger partial charge in [-0.2, -0.15) is 0 Å². The van der Waals surface area contributed by atoms with Crippen molar-refractivity contribution < 1.29 is 22.7 Å². The van der Waals surface area contributed by atoms with Crippen molar-refractivity contribution in [2.24, 2.45) is 5.92 Å². The van der Waals surface area contributed by atoms with E-state index in [0.717, 1.165) is 16.9 Å². The molecule has 0 radical (unpaired) electrons. The number of aryl methyl sites for hydroxylation is 1. The van der Waals surface area contributed by atoms with Crippen LogP contribution in [0.1, 0.15) is 30.9 Å². The van der Waals surface area contributed by atoms with Crippen LogP contribution in [0.15, 0.2) is 48.5 Å². The summed E-state index contributed by atoms with van der Waals surface area (Å²) in [5.74, 6) is 1.21. The molecule has 0 unspecified atom stereocenters. The van der Waals surface area contributed by atoms with Gasteiger partial charge in [-0.3, -0.25) is 4.79 Å². The molecule has 1 atom stereocenters. The van der Waals surface area contributed by atoms with Crippen molar-refractivity contribution in [3.63, 3.8) is 0 Å². The van der Waals surface area contributed by atoms with Gasteiger partial charge in [-0.1, -0.05) is 29.8 Å². The molecule has 1 amide bonds. The van der Waals surface area contributed by atoms with Crippen molar-refractivity contribution in [2.45, 2.75) is 38.5 Å². The third-order valence-electron chi connectivity index (χ3n) is 5.60. The van der Waals surface area contributed by atoms with Gasteiger partial charge in [0.2, 0.25) is 15.9 Å². The summed E-state index contributed by atoms with van der Waals surface area (Å²) < 4.78 is 37.9. The highest BCUT2D eigenvalue weighted by Crippen LogP contribution is 2.22. The predicted octanol–water partition coefficient (Wildman–Crippen LogP) is 3.13. The lowest BCUT2D eigenvalue weighted by molar-refractivity contribution is -0.126. The van der Waals surface area contributed by atoms with Crippen LogP contribution in [0.4, 0.5) is 0 Å². The molecule has 1 aliphatic heterocycles. The highest BCUT2D eigenvalue weighted by Gasteiger charge is 2.31. The van der Waals surface area contributed by atoms with E-state index < -0.39 is 10.0 Å². The average Bonchev–Trinajstić information content (AvgIpc) is 2.78. The summed E-state index contributed by atoms with van der Waals surface area (Å²) in [5.41, 5.74) is 1.83. The number of ether oxygens (including phenoxy) is 2. The maximum atomic E-state index is 12.8. The third-order valence-corrected chi connectivity index (χ3v) is 7.45. The quantitative estimate of drug-likeness (QED) is 0.622. The van der Waals surface area contributed by atoms with Crippen LogP contribution in [0.3, 0.4) is 0 Å². The second kappa shape index (κ2) is 10.8. The molecular formula is C24H32N2O5S. The van der Waals surface area contributed by atoms with Crippen molar-refractivity contribution in [3.8, 4) is 11.5 Å². The van der Waals surface area contributed by atoms with Crippen LogP contribution < -0.4 is 14.8 Å². The Morgan fingerprint density at radius 1 is 1.12 bits per heavy atom. The Morgan fingerprint density at radius 3 is 2.41 bits per heavy atom. The summed E-state index contributed by atoms with van der Waals surface area (Å²) in [6.45, 7) is 4.92. The van der Waals surface area contributed by atoms with Crippen LogP contribution in [0.2, 0.25) is 0 Å². The Bertz CT molecular complexity index is 999. The first-order valence-electron chi connectivity index (χ1n) is 10.9. The monoisotopic (exact) mass is 460 g/mol. The first-order chi connectivity index (χ1) is 15.3. The molecule has 32 heavy (non-hydrogen) atoms. The fraction of sp³-hybridized carbons (Fsp3) is 0.458. The predicted molar refractivity (Wildman–Crippen MR) is 124 cm³/mol. The average molecular weight is 461 g/mol. The lowest BCUT2D eigenvalue weighted by atomic mass is 9.97. The number of carbonyl (C=O) groups is 1. The van der Waals surface area contributed by atoms with Crippen LogP contribution in [-0.2, 0) is 20.6 Å². The van der Waals surface area contributed by atoms with E-state index in [1.54, 1.807) is 7.11 Å². The van der Waals surface area contributed by atoms with Gasteiger partial charge < -0.3 is 14.8 Å². The Morgan fingerprint density at radius 2 is 1.78 bits per heavy atom. The number of amides is 1. The second-order valence-electron chi connectivity index (χ2n) is 8.31. The molecule has 1 fully saturated rings. The lowest BCUT2D eigenvalue weighted by Crippen LogP contribution is -2.46. The minimum atomic E-state index is -3.40. The molecule has 7 nitrogen and oxygen atoms in total. The third kappa shape index (κ3) is 6.71. The van der Waals surface area contributed by atoms with Gasteiger partial charge in [0.05, 0.1) is 18.9 Å². The number of rotatable bonds is 9. The van der Waals surface area contributed by atoms with Gasteiger partial charge in [0.1, 0.15) is 18.1 Å². The molecule has 1 saturated heterocycles. The SMILES string of the molecule is COc1ccc(OC[C@H](C)NC(=O)C2CCN(S(=O)(=O)Cc3cccc(C)c3)CC2)cc1. The number of benzene rings is 2. The molecule has 0 aliphatic carbocycles. The standard InChI is InChI=1S/C24H32N2O5S/c1-18-5-4-6-20(15-18)17-32(28,29)26-13-11-21(12-14-26)24(27)25-19(2)16-31-23-9-7-22(30-3)8-10-23/h4-10,15,19,21H,11-14,16-17H2,1-3H3,(H,25,27)/t19-/m0/s1. The minimum absolute atomic E-state index is 0.00865. The molecule has 0 saturated carbocycles. The van der Waals surface area contributed by atoms with Crippen molar-refractivity contribution in [1.29, 1.82) is 0 Å². The highest BCUT2D eigenvalue weighted by molar-refractivity contribution is 7.88. The first kappa shape index (κ1) is 24.1. The number of hydrogen-bond acceptors (Lipinski definition) is 5.